The van der Waals surface area contributed by atoms with Gasteiger partial charge in [0.2, 0.25) is 5.91 Å². The van der Waals surface area contributed by atoms with Crippen molar-refractivity contribution >= 4 is 5.91 Å². The molecule has 1 saturated heterocycles. The molecule has 0 aromatic carbocycles. The summed E-state index contributed by atoms with van der Waals surface area (Å²) in [5, 5.41) is 6.51. The van der Waals surface area contributed by atoms with Crippen molar-refractivity contribution in [3.8, 4) is 0 Å². The molecule has 0 bridgehead atoms. The van der Waals surface area contributed by atoms with Crippen LogP contribution >= 0.6 is 0 Å². The number of rotatable bonds is 7. The van der Waals surface area contributed by atoms with E-state index in [0.717, 1.165) is 19.5 Å². The van der Waals surface area contributed by atoms with Gasteiger partial charge >= 0.3 is 0 Å². The molecule has 4 nitrogen and oxygen atoms in total. The third kappa shape index (κ3) is 6.71. The minimum Gasteiger partial charge on any atom is -0.354 e. The molecule has 118 valence electrons. The van der Waals surface area contributed by atoms with Crippen LogP contribution in [0.15, 0.2) is 0 Å². The number of nitrogens with zero attached hydrogens (tertiary/aromatic N) is 1. The second-order valence-corrected chi connectivity index (χ2v) is 6.50. The monoisotopic (exact) mass is 283 g/mol. The van der Waals surface area contributed by atoms with Gasteiger partial charge in [0, 0.05) is 12.6 Å². The predicted octanol–water partition coefficient (Wildman–Crippen LogP) is 2.00. The number of carbonyl (C=O) groups is 1. The van der Waals surface area contributed by atoms with Gasteiger partial charge in [-0.3, -0.25) is 4.79 Å². The molecule has 20 heavy (non-hydrogen) atoms. The first kappa shape index (κ1) is 17.4. The number of likely N-dealkylation sites (tertiary alicyclic amines) is 1. The highest BCUT2D eigenvalue weighted by molar-refractivity contribution is 5.81. The van der Waals surface area contributed by atoms with Crippen molar-refractivity contribution in [2.75, 3.05) is 26.2 Å². The summed E-state index contributed by atoms with van der Waals surface area (Å²) >= 11 is 0. The Morgan fingerprint density at radius 2 is 2.00 bits per heavy atom. The molecule has 2 atom stereocenters. The molecule has 1 amide bonds. The summed E-state index contributed by atoms with van der Waals surface area (Å²) in [5.41, 5.74) is 0. The van der Waals surface area contributed by atoms with E-state index in [1.165, 1.54) is 32.4 Å². The minimum atomic E-state index is -0.0866. The first-order chi connectivity index (χ1) is 9.52. The smallest absolute Gasteiger partial charge is 0.236 e. The van der Waals surface area contributed by atoms with Crippen LogP contribution in [0.2, 0.25) is 0 Å². The lowest BCUT2D eigenvalue weighted by molar-refractivity contribution is -0.123. The van der Waals surface area contributed by atoms with Gasteiger partial charge in [0.1, 0.15) is 0 Å². The molecule has 2 unspecified atom stereocenters. The van der Waals surface area contributed by atoms with Gasteiger partial charge in [0.25, 0.3) is 0 Å². The van der Waals surface area contributed by atoms with E-state index in [9.17, 15) is 4.79 Å². The van der Waals surface area contributed by atoms with Crippen LogP contribution in [0.3, 0.4) is 0 Å². The standard InChI is InChI=1S/C16H33N3O/c1-5-9-19-10-6-7-15(8-11-19)18-14(4)16(20)17-12-13(2)3/h13-15,18H,5-12H2,1-4H3,(H,17,20). The number of hydrogen-bond acceptors (Lipinski definition) is 3. The Hall–Kier alpha value is -0.610. The average Bonchev–Trinajstić information content (AvgIpc) is 2.62. The van der Waals surface area contributed by atoms with E-state index >= 15 is 0 Å². The van der Waals surface area contributed by atoms with Crippen LogP contribution in [0.25, 0.3) is 0 Å². The molecule has 1 rings (SSSR count). The van der Waals surface area contributed by atoms with Gasteiger partial charge in [0.05, 0.1) is 6.04 Å². The molecule has 0 aliphatic carbocycles. The highest BCUT2D eigenvalue weighted by Crippen LogP contribution is 2.12. The van der Waals surface area contributed by atoms with Crippen LogP contribution in [0.1, 0.15) is 53.4 Å². The highest BCUT2D eigenvalue weighted by Gasteiger charge is 2.20. The fourth-order valence-corrected chi connectivity index (χ4v) is 2.75. The Balaban J connectivity index is 2.30. The van der Waals surface area contributed by atoms with Crippen molar-refractivity contribution in [1.82, 2.24) is 15.5 Å². The van der Waals surface area contributed by atoms with E-state index in [2.05, 4.69) is 36.3 Å². The van der Waals surface area contributed by atoms with E-state index in [0.29, 0.717) is 12.0 Å². The predicted molar refractivity (Wildman–Crippen MR) is 84.8 cm³/mol. The summed E-state index contributed by atoms with van der Waals surface area (Å²) in [4.78, 5) is 14.5. The largest absolute Gasteiger partial charge is 0.354 e. The van der Waals surface area contributed by atoms with E-state index in [1.807, 2.05) is 6.92 Å². The van der Waals surface area contributed by atoms with Gasteiger partial charge in [-0.2, -0.15) is 0 Å². The Bertz CT molecular complexity index is 281. The first-order valence-corrected chi connectivity index (χ1v) is 8.29. The molecule has 0 radical (unpaired) electrons. The van der Waals surface area contributed by atoms with Gasteiger partial charge < -0.3 is 15.5 Å². The van der Waals surface area contributed by atoms with Crippen LogP contribution in [0, 0.1) is 5.92 Å². The van der Waals surface area contributed by atoms with Crippen LogP contribution in [-0.4, -0.2) is 49.1 Å². The summed E-state index contributed by atoms with van der Waals surface area (Å²) in [6.07, 6.45) is 4.80. The van der Waals surface area contributed by atoms with Crippen molar-refractivity contribution in [3.05, 3.63) is 0 Å². The summed E-state index contributed by atoms with van der Waals surface area (Å²) in [6.45, 7) is 12.8. The molecule has 0 aromatic rings. The topological polar surface area (TPSA) is 44.4 Å². The molecule has 1 fully saturated rings. The van der Waals surface area contributed by atoms with Crippen molar-refractivity contribution in [2.24, 2.45) is 5.92 Å². The van der Waals surface area contributed by atoms with Crippen LogP contribution < -0.4 is 10.6 Å². The zero-order chi connectivity index (χ0) is 15.0. The van der Waals surface area contributed by atoms with Crippen LogP contribution in [0.4, 0.5) is 0 Å². The molecule has 0 aromatic heterocycles. The number of nitrogens with one attached hydrogen (secondary N) is 2. The van der Waals surface area contributed by atoms with E-state index in [4.69, 9.17) is 0 Å². The lowest BCUT2D eigenvalue weighted by atomic mass is 10.1. The Labute approximate surface area is 124 Å². The number of amides is 1. The molecule has 2 N–H and O–H groups in total. The highest BCUT2D eigenvalue weighted by atomic mass is 16.2. The lowest BCUT2D eigenvalue weighted by Crippen LogP contribution is -2.47. The third-order valence-corrected chi connectivity index (χ3v) is 3.92. The van der Waals surface area contributed by atoms with Gasteiger partial charge in [-0.25, -0.2) is 0 Å². The molecule has 1 aliphatic heterocycles. The van der Waals surface area contributed by atoms with Crippen LogP contribution in [0.5, 0.6) is 0 Å². The van der Waals surface area contributed by atoms with Gasteiger partial charge in [0.15, 0.2) is 0 Å². The summed E-state index contributed by atoms with van der Waals surface area (Å²) in [6, 6.07) is 0.396. The van der Waals surface area contributed by atoms with Crippen molar-refractivity contribution < 1.29 is 4.79 Å². The Morgan fingerprint density at radius 3 is 2.65 bits per heavy atom. The van der Waals surface area contributed by atoms with Gasteiger partial charge in [-0.15, -0.1) is 0 Å². The molecular formula is C16H33N3O. The maximum Gasteiger partial charge on any atom is 0.236 e. The quantitative estimate of drug-likeness (QED) is 0.751. The maximum atomic E-state index is 12.0. The summed E-state index contributed by atoms with van der Waals surface area (Å²) in [7, 11) is 0. The van der Waals surface area contributed by atoms with Gasteiger partial charge in [-0.1, -0.05) is 20.8 Å². The number of carbonyl (C=O) groups excluding carboxylic acids is 1. The molecule has 1 heterocycles. The molecule has 0 saturated carbocycles. The fourth-order valence-electron chi connectivity index (χ4n) is 2.75. The molecular weight excluding hydrogens is 250 g/mol. The third-order valence-electron chi connectivity index (χ3n) is 3.92. The summed E-state index contributed by atoms with van der Waals surface area (Å²) in [5.74, 6) is 0.639. The average molecular weight is 283 g/mol. The molecule has 4 heteroatoms. The maximum absolute atomic E-state index is 12.0. The first-order valence-electron chi connectivity index (χ1n) is 8.29. The van der Waals surface area contributed by atoms with Crippen molar-refractivity contribution in [1.29, 1.82) is 0 Å². The summed E-state index contributed by atoms with van der Waals surface area (Å²) < 4.78 is 0. The van der Waals surface area contributed by atoms with E-state index in [-0.39, 0.29) is 11.9 Å². The zero-order valence-electron chi connectivity index (χ0n) is 13.7. The molecule has 1 aliphatic rings. The lowest BCUT2D eigenvalue weighted by Gasteiger charge is -2.22. The second kappa shape index (κ2) is 9.35. The van der Waals surface area contributed by atoms with E-state index < -0.39 is 0 Å². The Morgan fingerprint density at radius 1 is 1.25 bits per heavy atom. The van der Waals surface area contributed by atoms with Crippen LogP contribution in [-0.2, 0) is 4.79 Å². The fraction of sp³-hybridized carbons (Fsp3) is 0.938. The molecule has 0 spiro atoms. The Kier molecular flexibility index (Phi) is 8.15. The van der Waals surface area contributed by atoms with Crippen molar-refractivity contribution in [2.45, 2.75) is 65.5 Å². The van der Waals surface area contributed by atoms with Crippen molar-refractivity contribution in [3.63, 3.8) is 0 Å². The van der Waals surface area contributed by atoms with Gasteiger partial charge in [-0.05, 0) is 58.2 Å². The minimum absolute atomic E-state index is 0.0866. The normalized spacial score (nSPS) is 22.6. The SMILES string of the molecule is CCCN1CCCC(NC(C)C(=O)NCC(C)C)CC1. The second-order valence-electron chi connectivity index (χ2n) is 6.50. The van der Waals surface area contributed by atoms with E-state index in [1.54, 1.807) is 0 Å². The number of hydrogen-bond donors (Lipinski definition) is 2. The zero-order valence-corrected chi connectivity index (χ0v) is 13.7.